The highest BCUT2D eigenvalue weighted by Gasteiger charge is 2.04. The van der Waals surface area contributed by atoms with E-state index in [0.717, 1.165) is 25.3 Å². The van der Waals surface area contributed by atoms with Gasteiger partial charge in [-0.1, -0.05) is 51.7 Å². The summed E-state index contributed by atoms with van der Waals surface area (Å²) in [6, 6.07) is 8.94. The first-order valence-corrected chi connectivity index (χ1v) is 8.24. The minimum absolute atomic E-state index is 0.417. The lowest BCUT2D eigenvalue weighted by Crippen LogP contribution is -2.19. The summed E-state index contributed by atoms with van der Waals surface area (Å²) < 4.78 is 5.77. The molecule has 0 saturated heterocycles. The van der Waals surface area contributed by atoms with E-state index in [2.05, 4.69) is 50.4 Å². The third-order valence-electron chi connectivity index (χ3n) is 3.63. The Labute approximate surface area is 124 Å². The summed E-state index contributed by atoms with van der Waals surface area (Å²) in [7, 11) is 0. The monoisotopic (exact) mass is 277 g/mol. The van der Waals surface area contributed by atoms with Gasteiger partial charge in [-0.3, -0.25) is 0 Å². The first-order valence-electron chi connectivity index (χ1n) is 8.24. The minimum atomic E-state index is 0.417. The fourth-order valence-electron chi connectivity index (χ4n) is 2.18. The van der Waals surface area contributed by atoms with Crippen molar-refractivity contribution in [2.45, 2.75) is 65.3 Å². The lowest BCUT2D eigenvalue weighted by molar-refractivity contribution is 0.305. The van der Waals surface area contributed by atoms with Crippen LogP contribution in [0.15, 0.2) is 24.3 Å². The van der Waals surface area contributed by atoms with Gasteiger partial charge in [-0.25, -0.2) is 0 Å². The van der Waals surface area contributed by atoms with Crippen LogP contribution in [-0.2, 0) is 0 Å². The molecule has 1 aromatic carbocycles. The van der Waals surface area contributed by atoms with E-state index in [1.54, 1.807) is 0 Å². The van der Waals surface area contributed by atoms with Gasteiger partial charge in [-0.2, -0.15) is 0 Å². The van der Waals surface area contributed by atoms with Crippen molar-refractivity contribution in [1.29, 1.82) is 0 Å². The fourth-order valence-corrected chi connectivity index (χ4v) is 2.18. The van der Waals surface area contributed by atoms with Crippen molar-refractivity contribution < 1.29 is 4.74 Å². The molecule has 1 unspecified atom stereocenters. The smallest absolute Gasteiger partial charge is 0.119 e. The number of benzene rings is 1. The first kappa shape index (κ1) is 17.0. The second kappa shape index (κ2) is 10.7. The summed E-state index contributed by atoms with van der Waals surface area (Å²) in [5.74, 6) is 0.992. The Morgan fingerprint density at radius 1 is 0.950 bits per heavy atom. The third-order valence-corrected chi connectivity index (χ3v) is 3.63. The molecule has 0 saturated carbocycles. The maximum atomic E-state index is 5.77. The average molecular weight is 277 g/mol. The van der Waals surface area contributed by atoms with Crippen molar-refractivity contribution in [3.63, 3.8) is 0 Å². The highest BCUT2D eigenvalue weighted by molar-refractivity contribution is 5.28. The maximum absolute atomic E-state index is 5.77. The van der Waals surface area contributed by atoms with Crippen LogP contribution in [0.25, 0.3) is 0 Å². The van der Waals surface area contributed by atoms with Gasteiger partial charge < -0.3 is 10.1 Å². The molecule has 0 spiro atoms. The maximum Gasteiger partial charge on any atom is 0.119 e. The molecule has 20 heavy (non-hydrogen) atoms. The van der Waals surface area contributed by atoms with Crippen molar-refractivity contribution in [3.05, 3.63) is 29.8 Å². The van der Waals surface area contributed by atoms with E-state index >= 15 is 0 Å². The van der Waals surface area contributed by atoms with Crippen molar-refractivity contribution in [3.8, 4) is 5.75 Å². The summed E-state index contributed by atoms with van der Waals surface area (Å²) in [5.41, 5.74) is 1.33. The van der Waals surface area contributed by atoms with Crippen molar-refractivity contribution in [2.24, 2.45) is 0 Å². The molecule has 114 valence electrons. The molecule has 0 aliphatic heterocycles. The Morgan fingerprint density at radius 3 is 2.30 bits per heavy atom. The topological polar surface area (TPSA) is 21.3 Å². The Bertz CT molecular complexity index is 334. The van der Waals surface area contributed by atoms with E-state index in [0.29, 0.717) is 6.04 Å². The Hall–Kier alpha value is -1.02. The molecule has 0 aliphatic rings. The number of unbranched alkanes of at least 4 members (excludes halogenated alkanes) is 4. The van der Waals surface area contributed by atoms with E-state index in [1.807, 2.05) is 0 Å². The van der Waals surface area contributed by atoms with Gasteiger partial charge in [-0.05, 0) is 44.0 Å². The summed E-state index contributed by atoms with van der Waals surface area (Å²) in [4.78, 5) is 0. The highest BCUT2D eigenvalue weighted by Crippen LogP contribution is 2.18. The molecule has 1 rings (SSSR count). The Balaban J connectivity index is 2.28. The summed E-state index contributed by atoms with van der Waals surface area (Å²) in [6.07, 6.45) is 7.49. The van der Waals surface area contributed by atoms with Crippen LogP contribution in [0, 0.1) is 0 Å². The molecule has 0 aliphatic carbocycles. The van der Waals surface area contributed by atoms with Crippen LogP contribution in [0.5, 0.6) is 5.75 Å². The summed E-state index contributed by atoms with van der Waals surface area (Å²) >= 11 is 0. The van der Waals surface area contributed by atoms with Gasteiger partial charge >= 0.3 is 0 Å². The highest BCUT2D eigenvalue weighted by atomic mass is 16.5. The molecular formula is C18H31NO. The molecule has 0 radical (unpaired) electrons. The summed E-state index contributed by atoms with van der Waals surface area (Å²) in [6.45, 7) is 8.60. The lowest BCUT2D eigenvalue weighted by atomic mass is 10.1. The standard InChI is InChI=1S/C18H31NO/c1-4-6-8-9-15-20-18-12-10-17(11-13-18)16(3)19-14-7-5-2/h10-13,16,19H,4-9,14-15H2,1-3H3. The van der Waals surface area contributed by atoms with Crippen LogP contribution in [0.3, 0.4) is 0 Å². The lowest BCUT2D eigenvalue weighted by Gasteiger charge is -2.14. The van der Waals surface area contributed by atoms with E-state index in [9.17, 15) is 0 Å². The van der Waals surface area contributed by atoms with E-state index in [4.69, 9.17) is 4.74 Å². The second-order valence-electron chi connectivity index (χ2n) is 5.51. The van der Waals surface area contributed by atoms with Crippen LogP contribution in [-0.4, -0.2) is 13.2 Å². The van der Waals surface area contributed by atoms with Gasteiger partial charge in [0.2, 0.25) is 0 Å². The van der Waals surface area contributed by atoms with Crippen LogP contribution >= 0.6 is 0 Å². The molecule has 2 heteroatoms. The van der Waals surface area contributed by atoms with E-state index in [1.165, 1.54) is 37.7 Å². The molecule has 1 atom stereocenters. The largest absolute Gasteiger partial charge is 0.494 e. The van der Waals surface area contributed by atoms with E-state index < -0.39 is 0 Å². The number of nitrogens with one attached hydrogen (secondary N) is 1. The van der Waals surface area contributed by atoms with Gasteiger partial charge in [0, 0.05) is 6.04 Å². The molecule has 1 aromatic rings. The van der Waals surface area contributed by atoms with Crippen LogP contribution in [0.1, 0.15) is 70.9 Å². The first-order chi connectivity index (χ1) is 9.77. The molecule has 0 heterocycles. The van der Waals surface area contributed by atoms with Crippen molar-refractivity contribution in [1.82, 2.24) is 5.32 Å². The minimum Gasteiger partial charge on any atom is -0.494 e. The molecule has 1 N–H and O–H groups in total. The van der Waals surface area contributed by atoms with Crippen molar-refractivity contribution >= 4 is 0 Å². The summed E-state index contributed by atoms with van der Waals surface area (Å²) in [5, 5.41) is 3.54. The second-order valence-corrected chi connectivity index (χ2v) is 5.51. The Morgan fingerprint density at radius 2 is 1.65 bits per heavy atom. The van der Waals surface area contributed by atoms with Gasteiger partial charge in [-0.15, -0.1) is 0 Å². The molecule has 0 aromatic heterocycles. The SMILES string of the molecule is CCCCCCOc1ccc(C(C)NCCCC)cc1. The number of hydrogen-bond donors (Lipinski definition) is 1. The predicted octanol–water partition coefficient (Wildman–Crippen LogP) is 5.10. The van der Waals surface area contributed by atoms with E-state index in [-0.39, 0.29) is 0 Å². The quantitative estimate of drug-likeness (QED) is 0.568. The zero-order chi connectivity index (χ0) is 14.6. The third kappa shape index (κ3) is 6.95. The number of rotatable bonds is 11. The van der Waals surface area contributed by atoms with Crippen LogP contribution < -0.4 is 10.1 Å². The zero-order valence-electron chi connectivity index (χ0n) is 13.5. The van der Waals surface area contributed by atoms with Crippen LogP contribution in [0.4, 0.5) is 0 Å². The zero-order valence-corrected chi connectivity index (χ0v) is 13.5. The molecule has 2 nitrogen and oxygen atoms in total. The van der Waals surface area contributed by atoms with Gasteiger partial charge in [0.25, 0.3) is 0 Å². The molecule has 0 fully saturated rings. The van der Waals surface area contributed by atoms with Crippen LogP contribution in [0.2, 0.25) is 0 Å². The van der Waals surface area contributed by atoms with Gasteiger partial charge in [0.05, 0.1) is 6.61 Å². The average Bonchev–Trinajstić information content (AvgIpc) is 2.48. The molecular weight excluding hydrogens is 246 g/mol. The predicted molar refractivity (Wildman–Crippen MR) is 87.4 cm³/mol. The Kier molecular flexibility index (Phi) is 9.14. The fraction of sp³-hybridized carbons (Fsp3) is 0.667. The molecule has 0 bridgehead atoms. The van der Waals surface area contributed by atoms with Gasteiger partial charge in [0.1, 0.15) is 5.75 Å². The van der Waals surface area contributed by atoms with Crippen molar-refractivity contribution in [2.75, 3.05) is 13.2 Å². The van der Waals surface area contributed by atoms with Gasteiger partial charge in [0.15, 0.2) is 0 Å². The molecule has 0 amide bonds. The number of ether oxygens (including phenoxy) is 1. The number of hydrogen-bond acceptors (Lipinski definition) is 2. The normalized spacial score (nSPS) is 12.3.